The van der Waals surface area contributed by atoms with Gasteiger partial charge in [-0.3, -0.25) is 0 Å². The number of H-pyrrole nitrogens is 1. The van der Waals surface area contributed by atoms with E-state index in [4.69, 9.17) is 23.8 Å². The first-order valence-electron chi connectivity index (χ1n) is 6.23. The van der Waals surface area contributed by atoms with E-state index in [1.54, 1.807) is 0 Å². The average molecular weight is 282 g/mol. The van der Waals surface area contributed by atoms with Crippen LogP contribution in [0.2, 0.25) is 5.02 Å². The van der Waals surface area contributed by atoms with Gasteiger partial charge in [-0.25, -0.2) is 0 Å². The van der Waals surface area contributed by atoms with E-state index >= 15 is 0 Å². The highest BCUT2D eigenvalue weighted by molar-refractivity contribution is 7.71. The number of nitrogens with one attached hydrogen (secondary N) is 1. The first kappa shape index (κ1) is 12.2. The van der Waals surface area contributed by atoms with Crippen molar-refractivity contribution in [2.24, 2.45) is 0 Å². The van der Waals surface area contributed by atoms with E-state index in [1.807, 2.05) is 12.1 Å². The van der Waals surface area contributed by atoms with Crippen LogP contribution >= 0.6 is 23.8 Å². The van der Waals surface area contributed by atoms with Gasteiger partial charge < -0.3 is 14.5 Å². The Morgan fingerprint density at radius 3 is 3.06 bits per heavy atom. The molecule has 1 aliphatic heterocycles. The number of piperidine rings is 1. The lowest BCUT2D eigenvalue weighted by Gasteiger charge is -2.30. The van der Waals surface area contributed by atoms with Crippen molar-refractivity contribution in [1.29, 1.82) is 0 Å². The van der Waals surface area contributed by atoms with E-state index in [9.17, 15) is 0 Å². The van der Waals surface area contributed by atoms with Crippen molar-refractivity contribution in [1.82, 2.24) is 14.5 Å². The van der Waals surface area contributed by atoms with Gasteiger partial charge in [0.25, 0.3) is 0 Å². The molecule has 3 nitrogen and oxygen atoms in total. The summed E-state index contributed by atoms with van der Waals surface area (Å²) in [6.45, 7) is 2.24. The molecule has 1 unspecified atom stereocenters. The van der Waals surface area contributed by atoms with Crippen LogP contribution in [0.3, 0.4) is 0 Å². The molecule has 3 rings (SSSR count). The maximum Gasteiger partial charge on any atom is 0.178 e. The maximum absolute atomic E-state index is 6.02. The van der Waals surface area contributed by atoms with Crippen LogP contribution in [0, 0.1) is 4.77 Å². The van der Waals surface area contributed by atoms with Crippen molar-refractivity contribution in [2.75, 3.05) is 20.1 Å². The van der Waals surface area contributed by atoms with Crippen molar-refractivity contribution in [3.8, 4) is 0 Å². The summed E-state index contributed by atoms with van der Waals surface area (Å²) in [5.74, 6) is 0. The zero-order chi connectivity index (χ0) is 12.7. The van der Waals surface area contributed by atoms with Gasteiger partial charge in [0, 0.05) is 17.6 Å². The van der Waals surface area contributed by atoms with Gasteiger partial charge in [-0.05, 0) is 56.9 Å². The number of likely N-dealkylation sites (N-methyl/N-ethyl adjacent to an activating group) is 1. The van der Waals surface area contributed by atoms with Crippen LogP contribution in [-0.2, 0) is 0 Å². The van der Waals surface area contributed by atoms with Gasteiger partial charge in [0.15, 0.2) is 4.77 Å². The fraction of sp³-hybridized carbons (Fsp3) is 0.462. The van der Waals surface area contributed by atoms with E-state index in [0.29, 0.717) is 6.04 Å². The van der Waals surface area contributed by atoms with Crippen molar-refractivity contribution in [3.63, 3.8) is 0 Å². The molecule has 2 aromatic rings. The highest BCUT2D eigenvalue weighted by Gasteiger charge is 2.21. The Hall–Kier alpha value is -0.840. The number of benzene rings is 1. The van der Waals surface area contributed by atoms with Crippen LogP contribution in [0.1, 0.15) is 18.9 Å². The minimum Gasteiger partial charge on any atom is -0.331 e. The molecule has 2 heterocycles. The van der Waals surface area contributed by atoms with E-state index in [2.05, 4.69) is 27.6 Å². The van der Waals surface area contributed by atoms with Gasteiger partial charge in [0.2, 0.25) is 0 Å². The topological polar surface area (TPSA) is 24.0 Å². The van der Waals surface area contributed by atoms with E-state index in [0.717, 1.165) is 27.4 Å². The monoisotopic (exact) mass is 281 g/mol. The number of likely N-dealkylation sites (tertiary alicyclic amines) is 1. The van der Waals surface area contributed by atoms with Crippen molar-refractivity contribution in [2.45, 2.75) is 18.9 Å². The lowest BCUT2D eigenvalue weighted by Crippen LogP contribution is -2.33. The van der Waals surface area contributed by atoms with Gasteiger partial charge in [0.05, 0.1) is 11.0 Å². The number of aromatic amines is 1. The zero-order valence-electron chi connectivity index (χ0n) is 10.3. The summed E-state index contributed by atoms with van der Waals surface area (Å²) in [5, 5.41) is 0.742. The Bertz CT molecular complexity index is 631. The number of fused-ring (bicyclic) bond motifs is 1. The SMILES string of the molecule is CN1CCCC(n2c(=S)[nH]c3cc(Cl)ccc32)C1. The summed E-state index contributed by atoms with van der Waals surface area (Å²) in [4.78, 5) is 5.62. The number of halogens is 1. The van der Waals surface area contributed by atoms with Gasteiger partial charge in [-0.15, -0.1) is 0 Å². The molecule has 1 atom stereocenters. The second-order valence-electron chi connectivity index (χ2n) is 5.02. The number of hydrogen-bond donors (Lipinski definition) is 1. The molecule has 96 valence electrons. The number of aromatic nitrogens is 2. The van der Waals surface area contributed by atoms with Crippen LogP contribution in [0.15, 0.2) is 18.2 Å². The van der Waals surface area contributed by atoms with Crippen LogP contribution in [0.5, 0.6) is 0 Å². The molecule has 0 aliphatic carbocycles. The molecule has 0 spiro atoms. The minimum atomic E-state index is 0.464. The lowest BCUT2D eigenvalue weighted by atomic mass is 10.1. The third-order valence-electron chi connectivity index (χ3n) is 3.64. The Labute approximate surface area is 116 Å². The Balaban J connectivity index is 2.10. The molecule has 0 amide bonds. The van der Waals surface area contributed by atoms with E-state index < -0.39 is 0 Å². The van der Waals surface area contributed by atoms with E-state index in [1.165, 1.54) is 19.4 Å². The van der Waals surface area contributed by atoms with Crippen LogP contribution < -0.4 is 0 Å². The predicted molar refractivity (Wildman–Crippen MR) is 77.9 cm³/mol. The quantitative estimate of drug-likeness (QED) is 0.807. The Kier molecular flexibility index (Phi) is 3.18. The maximum atomic E-state index is 6.02. The normalized spacial score (nSPS) is 21.6. The minimum absolute atomic E-state index is 0.464. The summed E-state index contributed by atoms with van der Waals surface area (Å²) in [6, 6.07) is 6.38. The van der Waals surface area contributed by atoms with Crippen LogP contribution in [0.25, 0.3) is 11.0 Å². The van der Waals surface area contributed by atoms with Crippen LogP contribution in [-0.4, -0.2) is 34.6 Å². The molecule has 0 radical (unpaired) electrons. The molecule has 1 saturated heterocycles. The molecule has 1 aromatic carbocycles. The fourth-order valence-corrected chi connectivity index (χ4v) is 3.35. The summed E-state index contributed by atoms with van der Waals surface area (Å²) in [5.41, 5.74) is 2.19. The predicted octanol–water partition coefficient (Wildman–Crippen LogP) is 3.62. The number of rotatable bonds is 1. The van der Waals surface area contributed by atoms with Gasteiger partial charge >= 0.3 is 0 Å². The lowest BCUT2D eigenvalue weighted by molar-refractivity contribution is 0.214. The molecular weight excluding hydrogens is 266 g/mol. The third-order valence-corrected chi connectivity index (χ3v) is 4.18. The van der Waals surface area contributed by atoms with Gasteiger partial charge in [-0.1, -0.05) is 11.6 Å². The van der Waals surface area contributed by atoms with Crippen molar-refractivity contribution < 1.29 is 0 Å². The molecule has 1 aromatic heterocycles. The Morgan fingerprint density at radius 1 is 1.44 bits per heavy atom. The third kappa shape index (κ3) is 2.09. The molecular formula is C13H16ClN3S. The van der Waals surface area contributed by atoms with Crippen molar-refractivity contribution in [3.05, 3.63) is 28.0 Å². The second kappa shape index (κ2) is 4.68. The standard InChI is InChI=1S/C13H16ClN3S/c1-16-6-2-3-10(8-16)17-12-5-4-9(14)7-11(12)15-13(17)18/h4-5,7,10H,2-3,6,8H2,1H3,(H,15,18). The molecule has 18 heavy (non-hydrogen) atoms. The molecule has 1 aliphatic rings. The van der Waals surface area contributed by atoms with Gasteiger partial charge in [0.1, 0.15) is 0 Å². The number of nitrogens with zero attached hydrogens (tertiary/aromatic N) is 2. The van der Waals surface area contributed by atoms with Crippen molar-refractivity contribution >= 4 is 34.9 Å². The fourth-order valence-electron chi connectivity index (χ4n) is 2.82. The number of hydrogen-bond acceptors (Lipinski definition) is 2. The molecule has 0 saturated carbocycles. The first-order chi connectivity index (χ1) is 8.65. The molecule has 1 N–H and O–H groups in total. The highest BCUT2D eigenvalue weighted by Crippen LogP contribution is 2.27. The molecule has 1 fully saturated rings. The van der Waals surface area contributed by atoms with E-state index in [-0.39, 0.29) is 0 Å². The summed E-state index contributed by atoms with van der Waals surface area (Å²) in [7, 11) is 2.17. The highest BCUT2D eigenvalue weighted by atomic mass is 35.5. The second-order valence-corrected chi connectivity index (χ2v) is 5.84. The largest absolute Gasteiger partial charge is 0.331 e. The number of imidazole rings is 1. The van der Waals surface area contributed by atoms with Gasteiger partial charge in [-0.2, -0.15) is 0 Å². The zero-order valence-corrected chi connectivity index (χ0v) is 11.9. The summed E-state index contributed by atoms with van der Waals surface area (Å²) < 4.78 is 3.05. The van der Waals surface area contributed by atoms with Crippen LogP contribution in [0.4, 0.5) is 0 Å². The molecule has 0 bridgehead atoms. The average Bonchev–Trinajstić information content (AvgIpc) is 2.64. The summed E-state index contributed by atoms with van der Waals surface area (Å²) in [6.07, 6.45) is 2.41. The first-order valence-corrected chi connectivity index (χ1v) is 7.02. The Morgan fingerprint density at radius 2 is 2.28 bits per heavy atom. The summed E-state index contributed by atoms with van der Waals surface area (Å²) >= 11 is 11.5. The smallest absolute Gasteiger partial charge is 0.178 e. The molecule has 5 heteroatoms.